The van der Waals surface area contributed by atoms with E-state index >= 15 is 0 Å². The van der Waals surface area contributed by atoms with E-state index in [0.717, 1.165) is 4.47 Å². The van der Waals surface area contributed by atoms with Crippen LogP contribution in [0.5, 0.6) is 0 Å². The minimum absolute atomic E-state index is 0. The van der Waals surface area contributed by atoms with Crippen LogP contribution < -0.4 is 5.73 Å². The van der Waals surface area contributed by atoms with Crippen LogP contribution in [0.4, 0.5) is 5.69 Å². The molecule has 0 spiro atoms. The van der Waals surface area contributed by atoms with E-state index in [1.54, 1.807) is 42.5 Å². The van der Waals surface area contributed by atoms with Gasteiger partial charge in [0.15, 0.2) is 5.78 Å². The maximum atomic E-state index is 12.4. The van der Waals surface area contributed by atoms with Gasteiger partial charge in [-0.25, -0.2) is 0 Å². The molecule has 3 N–H and O–H groups in total. The molecule has 0 aromatic heterocycles. The third-order valence-corrected chi connectivity index (χ3v) is 3.42. The number of halogens is 1. The van der Waals surface area contributed by atoms with E-state index in [1.807, 2.05) is 0 Å². The zero-order valence-corrected chi connectivity index (χ0v) is 12.8. The second kappa shape index (κ2) is 7.16. The van der Waals surface area contributed by atoms with Crippen LogP contribution in [0.15, 0.2) is 46.9 Å². The summed E-state index contributed by atoms with van der Waals surface area (Å²) >= 11 is 3.30. The third kappa shape index (κ3) is 4.00. The number of ketones is 1. The Morgan fingerprint density at radius 3 is 2.33 bits per heavy atom. The van der Waals surface area contributed by atoms with Gasteiger partial charge in [-0.3, -0.25) is 9.59 Å². The monoisotopic (exact) mass is 344 g/mol. The molecule has 0 saturated heterocycles. The van der Waals surface area contributed by atoms with Gasteiger partial charge in [-0.1, -0.05) is 28.1 Å². The standard InChI is InChI=1S/C15H12BrNO3.Be.2H/c16-11-6-4-9(5-7-11)15(20)12-3-1-2-10(14(12)17)8-13(18)19;;;/h1-7H,8,17H2,(H,18,19);;;/q;+2;2*-1. The molecule has 2 aromatic rings. The molecule has 0 saturated carbocycles. The molecule has 0 unspecified atom stereocenters. The summed E-state index contributed by atoms with van der Waals surface area (Å²) < 4.78 is 0.877. The second-order valence-electron chi connectivity index (χ2n) is 4.28. The van der Waals surface area contributed by atoms with E-state index < -0.39 is 5.97 Å². The van der Waals surface area contributed by atoms with E-state index in [9.17, 15) is 9.59 Å². The van der Waals surface area contributed by atoms with Crippen molar-refractivity contribution in [1.29, 1.82) is 0 Å². The molecule has 21 heavy (non-hydrogen) atoms. The quantitative estimate of drug-likeness (QED) is 0.507. The van der Waals surface area contributed by atoms with Gasteiger partial charge in [-0.2, -0.15) is 0 Å². The number of rotatable bonds is 4. The fraction of sp³-hybridized carbons (Fsp3) is 0.0667. The first-order valence-corrected chi connectivity index (χ1v) is 6.68. The summed E-state index contributed by atoms with van der Waals surface area (Å²) in [6, 6.07) is 11.8. The summed E-state index contributed by atoms with van der Waals surface area (Å²) in [7, 11) is 0. The van der Waals surface area contributed by atoms with Crippen LogP contribution in [-0.4, -0.2) is 27.0 Å². The zero-order valence-electron chi connectivity index (χ0n) is 13.2. The molecule has 0 heterocycles. The van der Waals surface area contributed by atoms with Crippen LogP contribution in [0, 0.1) is 0 Å². The predicted octanol–water partition coefficient (Wildman–Crippen LogP) is 2.73. The first-order chi connectivity index (χ1) is 9.49. The minimum atomic E-state index is -0.982. The Balaban J connectivity index is 0. The van der Waals surface area contributed by atoms with Gasteiger partial charge in [0.05, 0.1) is 6.42 Å². The molecule has 2 aromatic carbocycles. The Labute approximate surface area is 137 Å². The number of carbonyl (C=O) groups excluding carboxylic acids is 1. The fourth-order valence-corrected chi connectivity index (χ4v) is 2.15. The van der Waals surface area contributed by atoms with Gasteiger partial charge in [-0.05, 0) is 35.9 Å². The number of nitrogen functional groups attached to an aromatic ring is 1. The van der Waals surface area contributed by atoms with Gasteiger partial charge < -0.3 is 13.7 Å². The molecule has 0 atom stereocenters. The van der Waals surface area contributed by atoms with Gasteiger partial charge in [0.25, 0.3) is 0 Å². The Kier molecular flexibility index (Phi) is 5.82. The molecular weight excluding hydrogens is 331 g/mol. The SMILES string of the molecule is Nc1c(CC(=O)O)cccc1C(=O)c1ccc(Br)cc1.[Be+2].[H-].[H-]. The van der Waals surface area contributed by atoms with Crippen molar-refractivity contribution in [3.05, 3.63) is 63.6 Å². The number of carboxylic acid groups (broad SMARTS) is 1. The van der Waals surface area contributed by atoms with Crippen molar-refractivity contribution >= 4 is 43.5 Å². The molecule has 6 heteroatoms. The zero-order chi connectivity index (χ0) is 14.7. The van der Waals surface area contributed by atoms with Gasteiger partial charge in [-0.15, -0.1) is 0 Å². The number of hydrogen-bond donors (Lipinski definition) is 2. The molecule has 0 aliphatic rings. The van der Waals surface area contributed by atoms with Crippen molar-refractivity contribution in [2.24, 2.45) is 0 Å². The Bertz CT molecular complexity index is 681. The summed E-state index contributed by atoms with van der Waals surface area (Å²) in [5.74, 6) is -1.20. The average molecular weight is 345 g/mol. The summed E-state index contributed by atoms with van der Waals surface area (Å²) in [5.41, 5.74) is 7.41. The molecule has 4 nitrogen and oxygen atoms in total. The molecule has 0 fully saturated rings. The smallest absolute Gasteiger partial charge is 1.00 e. The number of hydrogen-bond acceptors (Lipinski definition) is 3. The van der Waals surface area contributed by atoms with Crippen LogP contribution in [-0.2, 0) is 11.2 Å². The van der Waals surface area contributed by atoms with Gasteiger partial charge >= 0.3 is 16.1 Å². The Morgan fingerprint density at radius 1 is 1.14 bits per heavy atom. The molecule has 2 rings (SSSR count). The van der Waals surface area contributed by atoms with E-state index in [4.69, 9.17) is 10.8 Å². The summed E-state index contributed by atoms with van der Waals surface area (Å²) in [5, 5.41) is 8.82. The van der Waals surface area contributed by atoms with Gasteiger partial charge in [0.2, 0.25) is 0 Å². The molecular formula is C15H14BeBrNO3. The predicted molar refractivity (Wildman–Crippen MR) is 87.7 cm³/mol. The van der Waals surface area contributed by atoms with E-state index in [0.29, 0.717) is 16.7 Å². The number of carboxylic acids is 1. The molecule has 0 aliphatic carbocycles. The van der Waals surface area contributed by atoms with Crippen molar-refractivity contribution in [2.45, 2.75) is 6.42 Å². The van der Waals surface area contributed by atoms with Crippen LogP contribution in [0.3, 0.4) is 0 Å². The van der Waals surface area contributed by atoms with Crippen molar-refractivity contribution in [3.8, 4) is 0 Å². The van der Waals surface area contributed by atoms with Crippen molar-refractivity contribution in [3.63, 3.8) is 0 Å². The second-order valence-corrected chi connectivity index (χ2v) is 5.20. The van der Waals surface area contributed by atoms with E-state index in [1.165, 1.54) is 0 Å². The van der Waals surface area contributed by atoms with Gasteiger partial charge in [0.1, 0.15) is 0 Å². The fourth-order valence-electron chi connectivity index (χ4n) is 1.88. The maximum absolute atomic E-state index is 12.4. The third-order valence-electron chi connectivity index (χ3n) is 2.89. The van der Waals surface area contributed by atoms with Crippen LogP contribution >= 0.6 is 15.9 Å². The van der Waals surface area contributed by atoms with E-state index in [2.05, 4.69) is 15.9 Å². The van der Waals surface area contributed by atoms with Crippen molar-refractivity contribution in [1.82, 2.24) is 0 Å². The van der Waals surface area contributed by atoms with Crippen LogP contribution in [0.25, 0.3) is 0 Å². The Hall–Kier alpha value is -1.97. The Morgan fingerprint density at radius 2 is 1.76 bits per heavy atom. The largest absolute Gasteiger partial charge is 2.00 e. The van der Waals surface area contributed by atoms with Crippen molar-refractivity contribution < 1.29 is 17.5 Å². The maximum Gasteiger partial charge on any atom is 2.00 e. The molecule has 106 valence electrons. The molecule has 0 bridgehead atoms. The molecule has 0 aliphatic heterocycles. The number of para-hydroxylation sites is 1. The topological polar surface area (TPSA) is 80.4 Å². The number of aliphatic carboxylic acids is 1. The first-order valence-electron chi connectivity index (χ1n) is 5.88. The molecule has 0 radical (unpaired) electrons. The average Bonchev–Trinajstić information content (AvgIpc) is 2.41. The van der Waals surface area contributed by atoms with Crippen molar-refractivity contribution in [2.75, 3.05) is 5.73 Å². The van der Waals surface area contributed by atoms with E-state index in [-0.39, 0.29) is 30.9 Å². The number of carbonyl (C=O) groups is 2. The first kappa shape index (κ1) is 17.1. The molecule has 0 amide bonds. The van der Waals surface area contributed by atoms with Crippen LogP contribution in [0.1, 0.15) is 24.3 Å². The summed E-state index contributed by atoms with van der Waals surface area (Å²) in [4.78, 5) is 23.1. The van der Waals surface area contributed by atoms with Crippen LogP contribution in [0.2, 0.25) is 0 Å². The minimum Gasteiger partial charge on any atom is -1.00 e. The summed E-state index contributed by atoms with van der Waals surface area (Å²) in [6.07, 6.45) is -0.201. The van der Waals surface area contributed by atoms with Gasteiger partial charge in [0, 0.05) is 21.3 Å². The summed E-state index contributed by atoms with van der Waals surface area (Å²) in [6.45, 7) is 0. The number of benzene rings is 2. The normalized spacial score (nSPS) is 9.76. The number of nitrogens with two attached hydrogens (primary N) is 1. The number of anilines is 1.